The van der Waals surface area contributed by atoms with Crippen LogP contribution in [0.15, 0.2) is 24.3 Å². The Kier molecular flexibility index (Phi) is 7.24. The lowest BCUT2D eigenvalue weighted by atomic mass is 9.94. The van der Waals surface area contributed by atoms with Crippen LogP contribution in [0.5, 0.6) is 0 Å². The van der Waals surface area contributed by atoms with Gasteiger partial charge in [0.05, 0.1) is 5.56 Å². The third-order valence-corrected chi connectivity index (χ3v) is 4.81. The van der Waals surface area contributed by atoms with Crippen LogP contribution in [0.4, 0.5) is 13.2 Å². The van der Waals surface area contributed by atoms with Gasteiger partial charge in [-0.05, 0) is 43.5 Å². The Morgan fingerprint density at radius 1 is 1.19 bits per heavy atom. The highest BCUT2D eigenvalue weighted by atomic mass is 19.4. The minimum atomic E-state index is -4.42. The van der Waals surface area contributed by atoms with Crippen LogP contribution in [0.2, 0.25) is 0 Å². The minimum absolute atomic E-state index is 0.0627. The number of halogens is 3. The Morgan fingerprint density at radius 3 is 2.30 bits per heavy atom. The van der Waals surface area contributed by atoms with Crippen molar-refractivity contribution in [1.82, 2.24) is 9.80 Å². The van der Waals surface area contributed by atoms with Crippen molar-refractivity contribution in [2.24, 2.45) is 5.92 Å². The van der Waals surface area contributed by atoms with Crippen LogP contribution < -0.4 is 0 Å². The van der Waals surface area contributed by atoms with Gasteiger partial charge in [0.1, 0.15) is 0 Å². The zero-order valence-corrected chi connectivity index (χ0v) is 15.6. The summed E-state index contributed by atoms with van der Waals surface area (Å²) in [6.45, 7) is 2.05. The maximum Gasteiger partial charge on any atom is 0.416 e. The first-order chi connectivity index (χ1) is 12.7. The Morgan fingerprint density at radius 2 is 1.78 bits per heavy atom. The van der Waals surface area contributed by atoms with Gasteiger partial charge in [-0.2, -0.15) is 13.2 Å². The highest BCUT2D eigenvalue weighted by Crippen LogP contribution is 2.29. The fourth-order valence-electron chi connectivity index (χ4n) is 3.18. The minimum Gasteiger partial charge on any atom is -0.385 e. The molecule has 5 nitrogen and oxygen atoms in total. The number of ether oxygens (including phenoxy) is 1. The first kappa shape index (κ1) is 21.2. The molecule has 8 heteroatoms. The second-order valence-electron chi connectivity index (χ2n) is 6.75. The molecule has 150 valence electrons. The number of methoxy groups -OCH3 is 1. The van der Waals surface area contributed by atoms with Gasteiger partial charge >= 0.3 is 6.18 Å². The molecule has 0 spiro atoms. The highest BCUT2D eigenvalue weighted by Gasteiger charge is 2.32. The van der Waals surface area contributed by atoms with Crippen molar-refractivity contribution in [3.8, 4) is 0 Å². The van der Waals surface area contributed by atoms with Crippen molar-refractivity contribution < 1.29 is 27.5 Å². The van der Waals surface area contributed by atoms with E-state index in [9.17, 15) is 22.8 Å². The number of carbonyl (C=O) groups excluding carboxylic acids is 2. The van der Waals surface area contributed by atoms with Gasteiger partial charge in [-0.15, -0.1) is 0 Å². The van der Waals surface area contributed by atoms with E-state index in [-0.39, 0.29) is 23.3 Å². The number of alkyl halides is 3. The maximum absolute atomic E-state index is 12.6. The average molecular weight is 386 g/mol. The summed E-state index contributed by atoms with van der Waals surface area (Å²) in [7, 11) is 3.38. The number of amides is 2. The number of piperidine rings is 1. The van der Waals surface area contributed by atoms with Crippen molar-refractivity contribution in [2.75, 3.05) is 40.4 Å². The molecule has 0 saturated carbocycles. The molecule has 0 atom stereocenters. The molecule has 1 aromatic carbocycles. The van der Waals surface area contributed by atoms with Crippen molar-refractivity contribution in [2.45, 2.75) is 25.4 Å². The van der Waals surface area contributed by atoms with E-state index >= 15 is 0 Å². The smallest absolute Gasteiger partial charge is 0.385 e. The van der Waals surface area contributed by atoms with Crippen LogP contribution in [-0.2, 0) is 15.7 Å². The monoisotopic (exact) mass is 386 g/mol. The van der Waals surface area contributed by atoms with E-state index in [2.05, 4.69) is 0 Å². The van der Waals surface area contributed by atoms with Gasteiger partial charge in [0.2, 0.25) is 5.91 Å². The van der Waals surface area contributed by atoms with E-state index in [1.165, 1.54) is 12.1 Å². The standard InChI is InChI=1S/C19H25F3N2O3/c1-23(10-3-13-27-2)17(25)15-8-11-24(12-9-15)18(26)14-4-6-16(7-5-14)19(20,21)22/h4-7,15H,3,8-13H2,1-2H3. The third-order valence-electron chi connectivity index (χ3n) is 4.81. The maximum atomic E-state index is 12.6. The lowest BCUT2D eigenvalue weighted by Gasteiger charge is -2.33. The summed E-state index contributed by atoms with van der Waals surface area (Å²) in [6, 6.07) is 4.23. The predicted octanol–water partition coefficient (Wildman–Crippen LogP) is 3.05. The van der Waals surface area contributed by atoms with E-state index in [0.29, 0.717) is 39.1 Å². The molecule has 1 aromatic rings. The molecule has 1 aliphatic rings. The van der Waals surface area contributed by atoms with Gasteiger partial charge in [0.25, 0.3) is 5.91 Å². The molecule has 1 heterocycles. The van der Waals surface area contributed by atoms with Crippen LogP contribution >= 0.6 is 0 Å². The summed E-state index contributed by atoms with van der Waals surface area (Å²) in [5.74, 6) is -0.370. The quantitative estimate of drug-likeness (QED) is 0.706. The number of rotatable bonds is 6. The van der Waals surface area contributed by atoms with E-state index < -0.39 is 11.7 Å². The number of nitrogens with zero attached hydrogens (tertiary/aromatic N) is 2. The van der Waals surface area contributed by atoms with Gasteiger partial charge < -0.3 is 14.5 Å². The molecule has 0 aromatic heterocycles. The van der Waals surface area contributed by atoms with Crippen LogP contribution in [0.3, 0.4) is 0 Å². The first-order valence-corrected chi connectivity index (χ1v) is 8.94. The Hall–Kier alpha value is -2.09. The number of hydrogen-bond donors (Lipinski definition) is 0. The van der Waals surface area contributed by atoms with E-state index in [1.807, 2.05) is 0 Å². The second kappa shape index (κ2) is 9.21. The Bertz CT molecular complexity index is 639. The molecule has 0 aliphatic carbocycles. The summed E-state index contributed by atoms with van der Waals surface area (Å²) in [5, 5.41) is 0. The number of benzene rings is 1. The number of hydrogen-bond acceptors (Lipinski definition) is 3. The topological polar surface area (TPSA) is 49.9 Å². The predicted molar refractivity (Wildman–Crippen MR) is 94.2 cm³/mol. The van der Waals surface area contributed by atoms with Gasteiger partial charge in [0.15, 0.2) is 0 Å². The molecular formula is C19H25F3N2O3. The molecule has 0 bridgehead atoms. The Balaban J connectivity index is 1.87. The molecule has 1 fully saturated rings. The van der Waals surface area contributed by atoms with Gasteiger partial charge in [-0.3, -0.25) is 9.59 Å². The molecule has 2 rings (SSSR count). The third kappa shape index (κ3) is 5.69. The lowest BCUT2D eigenvalue weighted by Crippen LogP contribution is -2.43. The van der Waals surface area contributed by atoms with E-state index in [4.69, 9.17) is 4.74 Å². The molecule has 0 N–H and O–H groups in total. The molecule has 27 heavy (non-hydrogen) atoms. The normalized spacial score (nSPS) is 15.7. The van der Waals surface area contributed by atoms with Crippen molar-refractivity contribution in [1.29, 1.82) is 0 Å². The van der Waals surface area contributed by atoms with Crippen molar-refractivity contribution >= 4 is 11.8 Å². The van der Waals surface area contributed by atoms with Crippen LogP contribution in [0.1, 0.15) is 35.2 Å². The van der Waals surface area contributed by atoms with E-state index in [0.717, 1.165) is 18.6 Å². The summed E-state index contributed by atoms with van der Waals surface area (Å²) in [5.41, 5.74) is -0.552. The zero-order chi connectivity index (χ0) is 20.0. The SMILES string of the molecule is COCCCN(C)C(=O)C1CCN(C(=O)c2ccc(C(F)(F)F)cc2)CC1. The van der Waals surface area contributed by atoms with E-state index in [1.54, 1.807) is 24.0 Å². The van der Waals surface area contributed by atoms with Crippen LogP contribution in [0.25, 0.3) is 0 Å². The fourth-order valence-corrected chi connectivity index (χ4v) is 3.18. The molecule has 1 saturated heterocycles. The molecule has 0 radical (unpaired) electrons. The molecule has 2 amide bonds. The number of carbonyl (C=O) groups is 2. The largest absolute Gasteiger partial charge is 0.416 e. The van der Waals surface area contributed by atoms with Gasteiger partial charge in [-0.25, -0.2) is 0 Å². The molecule has 0 unspecified atom stereocenters. The summed E-state index contributed by atoms with van der Waals surface area (Å²) < 4.78 is 42.8. The van der Waals surface area contributed by atoms with Gasteiger partial charge in [-0.1, -0.05) is 0 Å². The highest BCUT2D eigenvalue weighted by molar-refractivity contribution is 5.94. The zero-order valence-electron chi connectivity index (χ0n) is 15.6. The Labute approximate surface area is 157 Å². The van der Waals surface area contributed by atoms with Crippen LogP contribution in [0, 0.1) is 5.92 Å². The fraction of sp³-hybridized carbons (Fsp3) is 0.579. The summed E-state index contributed by atoms with van der Waals surface area (Å²) >= 11 is 0. The van der Waals surface area contributed by atoms with Crippen LogP contribution in [-0.4, -0.2) is 62.0 Å². The second-order valence-corrected chi connectivity index (χ2v) is 6.75. The molecule has 1 aliphatic heterocycles. The first-order valence-electron chi connectivity index (χ1n) is 8.94. The van der Waals surface area contributed by atoms with Crippen molar-refractivity contribution in [3.05, 3.63) is 35.4 Å². The average Bonchev–Trinajstić information content (AvgIpc) is 2.66. The number of likely N-dealkylation sites (tertiary alicyclic amines) is 1. The van der Waals surface area contributed by atoms with Crippen molar-refractivity contribution in [3.63, 3.8) is 0 Å². The summed E-state index contributed by atoms with van der Waals surface area (Å²) in [4.78, 5) is 28.2. The van der Waals surface area contributed by atoms with Gasteiger partial charge in [0, 0.05) is 51.9 Å². The molecular weight excluding hydrogens is 361 g/mol. The summed E-state index contributed by atoms with van der Waals surface area (Å²) in [6.07, 6.45) is -2.54. The lowest BCUT2D eigenvalue weighted by molar-refractivity contribution is -0.137.